The maximum atomic E-state index is 11.4. The normalized spacial score (nSPS) is 14.0. The second-order valence-electron chi connectivity index (χ2n) is 8.71. The molecule has 6 nitrogen and oxygen atoms in total. The van der Waals surface area contributed by atoms with Crippen LogP contribution in [0.3, 0.4) is 0 Å². The molecule has 0 amide bonds. The number of hydrogen-bond donors (Lipinski definition) is 1. The molecule has 3 aromatic carbocycles. The van der Waals surface area contributed by atoms with Crippen LogP contribution in [0.4, 0.5) is 0 Å². The molecule has 1 atom stereocenters. The highest BCUT2D eigenvalue weighted by molar-refractivity contribution is 6.03. The van der Waals surface area contributed by atoms with Gasteiger partial charge in [0.1, 0.15) is 37.5 Å². The molecule has 1 aliphatic carbocycles. The van der Waals surface area contributed by atoms with Gasteiger partial charge < -0.3 is 19.4 Å². The predicted molar refractivity (Wildman–Crippen MR) is 144 cm³/mol. The van der Waals surface area contributed by atoms with Crippen LogP contribution in [0.5, 0.6) is 11.5 Å². The van der Waals surface area contributed by atoms with Crippen molar-refractivity contribution in [3.63, 3.8) is 0 Å². The second-order valence-corrected chi connectivity index (χ2v) is 8.71. The van der Waals surface area contributed by atoms with Gasteiger partial charge in [0.05, 0.1) is 6.42 Å². The van der Waals surface area contributed by atoms with Crippen molar-refractivity contribution in [2.24, 2.45) is 5.16 Å². The molecule has 0 aliphatic heterocycles. The summed E-state index contributed by atoms with van der Waals surface area (Å²) in [5.41, 5.74) is 4.72. The fourth-order valence-electron chi connectivity index (χ4n) is 4.18. The maximum absolute atomic E-state index is 11.4. The molecule has 0 radical (unpaired) electrons. The Morgan fingerprint density at radius 1 is 0.892 bits per heavy atom. The minimum Gasteiger partial charge on any atom is -0.489 e. The van der Waals surface area contributed by atoms with E-state index in [0.29, 0.717) is 13.2 Å². The van der Waals surface area contributed by atoms with Gasteiger partial charge in [0, 0.05) is 5.92 Å². The number of benzene rings is 3. The lowest BCUT2D eigenvalue weighted by atomic mass is 9.88. The monoisotopic (exact) mass is 497 g/mol. The average molecular weight is 498 g/mol. The number of carbonyl (C=O) groups is 1. The van der Waals surface area contributed by atoms with Crippen molar-refractivity contribution in [3.8, 4) is 11.5 Å². The SMILES string of the molecule is CO/N=C(\COc1ccc(COc2ccc(C(CC(=O)O)c3ccccc3)cc2)cc1)C1=CCCC=C1. The second kappa shape index (κ2) is 13.1. The van der Waals surface area contributed by atoms with Gasteiger partial charge >= 0.3 is 5.97 Å². The zero-order chi connectivity index (χ0) is 25.9. The van der Waals surface area contributed by atoms with Gasteiger partial charge in [-0.3, -0.25) is 4.79 Å². The molecule has 190 valence electrons. The molecule has 1 unspecified atom stereocenters. The number of rotatable bonds is 12. The van der Waals surface area contributed by atoms with E-state index in [1.165, 1.54) is 7.11 Å². The molecular formula is C31H31NO5. The first kappa shape index (κ1) is 25.8. The number of hydrogen-bond acceptors (Lipinski definition) is 5. The zero-order valence-electron chi connectivity index (χ0n) is 20.9. The highest BCUT2D eigenvalue weighted by atomic mass is 16.6. The standard InChI is InChI=1S/C31H31NO5/c1-35-32-30(26-10-6-3-7-11-26)22-37-27-16-12-23(13-17-27)21-36-28-18-14-25(15-19-28)29(20-31(33)34)24-8-4-2-5-9-24/h2,4-6,8-19,29H,3,7,20-22H2,1H3,(H,33,34)/b32-30+. The number of nitrogens with zero attached hydrogens (tertiary/aromatic N) is 1. The minimum absolute atomic E-state index is 0.0335. The lowest BCUT2D eigenvalue weighted by Crippen LogP contribution is -2.14. The summed E-state index contributed by atoms with van der Waals surface area (Å²) < 4.78 is 11.9. The van der Waals surface area contributed by atoms with Crippen LogP contribution < -0.4 is 9.47 Å². The summed E-state index contributed by atoms with van der Waals surface area (Å²) in [6.07, 6.45) is 8.37. The van der Waals surface area contributed by atoms with Crippen LogP contribution in [-0.2, 0) is 16.2 Å². The summed E-state index contributed by atoms with van der Waals surface area (Å²) in [7, 11) is 1.53. The van der Waals surface area contributed by atoms with E-state index in [0.717, 1.165) is 52.3 Å². The zero-order valence-corrected chi connectivity index (χ0v) is 20.9. The molecule has 0 saturated carbocycles. The largest absolute Gasteiger partial charge is 0.489 e. The van der Waals surface area contributed by atoms with Gasteiger partial charge in [-0.25, -0.2) is 0 Å². The van der Waals surface area contributed by atoms with Gasteiger partial charge in [-0.05, 0) is 59.4 Å². The topological polar surface area (TPSA) is 77.3 Å². The molecular weight excluding hydrogens is 466 g/mol. The van der Waals surface area contributed by atoms with Gasteiger partial charge in [0.25, 0.3) is 0 Å². The highest BCUT2D eigenvalue weighted by Gasteiger charge is 2.18. The van der Waals surface area contributed by atoms with Crippen LogP contribution in [0.15, 0.2) is 108 Å². The Kier molecular flexibility index (Phi) is 9.13. The van der Waals surface area contributed by atoms with E-state index in [2.05, 4.69) is 17.3 Å². The molecule has 0 aromatic heterocycles. The van der Waals surface area contributed by atoms with Crippen molar-refractivity contribution < 1.29 is 24.2 Å². The summed E-state index contributed by atoms with van der Waals surface area (Å²) in [5, 5.41) is 13.5. The van der Waals surface area contributed by atoms with Crippen molar-refractivity contribution >= 4 is 11.7 Å². The molecule has 0 saturated heterocycles. The van der Waals surface area contributed by atoms with E-state index >= 15 is 0 Å². The highest BCUT2D eigenvalue weighted by Crippen LogP contribution is 2.29. The molecule has 0 fully saturated rings. The summed E-state index contributed by atoms with van der Waals surface area (Å²) in [6.45, 7) is 0.725. The van der Waals surface area contributed by atoms with E-state index in [9.17, 15) is 9.90 Å². The number of oxime groups is 1. The third-order valence-corrected chi connectivity index (χ3v) is 6.10. The number of allylic oxidation sites excluding steroid dienone is 3. The first-order valence-corrected chi connectivity index (χ1v) is 12.3. The Balaban J connectivity index is 1.32. The molecule has 4 rings (SSSR count). The quantitative estimate of drug-likeness (QED) is 0.227. The van der Waals surface area contributed by atoms with E-state index < -0.39 is 5.97 Å². The van der Waals surface area contributed by atoms with Crippen LogP contribution in [0, 0.1) is 0 Å². The van der Waals surface area contributed by atoms with Gasteiger partial charge in [-0.15, -0.1) is 0 Å². The van der Waals surface area contributed by atoms with Crippen LogP contribution in [0.25, 0.3) is 0 Å². The summed E-state index contributed by atoms with van der Waals surface area (Å²) in [6, 6.07) is 25.1. The number of aliphatic carboxylic acids is 1. The molecule has 1 aliphatic rings. The number of carboxylic acids is 1. The molecule has 1 N–H and O–H groups in total. The average Bonchev–Trinajstić information content (AvgIpc) is 2.94. The molecule has 0 bridgehead atoms. The molecule has 0 heterocycles. The Bertz CT molecular complexity index is 1250. The first-order chi connectivity index (χ1) is 18.1. The summed E-state index contributed by atoms with van der Waals surface area (Å²) in [5.74, 6) is 0.426. The van der Waals surface area contributed by atoms with Gasteiger partial charge in [0.15, 0.2) is 0 Å². The first-order valence-electron chi connectivity index (χ1n) is 12.3. The molecule has 6 heteroatoms. The Hall–Kier alpha value is -4.32. The maximum Gasteiger partial charge on any atom is 0.304 e. The lowest BCUT2D eigenvalue weighted by molar-refractivity contribution is -0.137. The van der Waals surface area contributed by atoms with Gasteiger partial charge in [-0.1, -0.05) is 78.0 Å². The van der Waals surface area contributed by atoms with Crippen molar-refractivity contribution in [1.29, 1.82) is 0 Å². The minimum atomic E-state index is -0.827. The predicted octanol–water partition coefficient (Wildman–Crippen LogP) is 6.53. The number of ether oxygens (including phenoxy) is 2. The van der Waals surface area contributed by atoms with Crippen LogP contribution in [0.2, 0.25) is 0 Å². The van der Waals surface area contributed by atoms with E-state index in [1.54, 1.807) is 0 Å². The molecule has 0 spiro atoms. The summed E-state index contributed by atoms with van der Waals surface area (Å²) >= 11 is 0. The Labute approximate surface area is 217 Å². The third kappa shape index (κ3) is 7.58. The van der Waals surface area contributed by atoms with Crippen molar-refractivity contribution in [2.45, 2.75) is 31.8 Å². The molecule has 3 aromatic rings. The van der Waals surface area contributed by atoms with Crippen molar-refractivity contribution in [3.05, 3.63) is 119 Å². The number of carboxylic acid groups (broad SMARTS) is 1. The van der Waals surface area contributed by atoms with Gasteiger partial charge in [-0.2, -0.15) is 0 Å². The van der Waals surface area contributed by atoms with Crippen molar-refractivity contribution in [2.75, 3.05) is 13.7 Å². The van der Waals surface area contributed by atoms with Gasteiger partial charge in [0.2, 0.25) is 0 Å². The lowest BCUT2D eigenvalue weighted by Gasteiger charge is -2.16. The van der Waals surface area contributed by atoms with Crippen molar-refractivity contribution in [1.82, 2.24) is 0 Å². The molecule has 37 heavy (non-hydrogen) atoms. The summed E-state index contributed by atoms with van der Waals surface area (Å²) in [4.78, 5) is 16.4. The van der Waals surface area contributed by atoms with Crippen LogP contribution in [-0.4, -0.2) is 30.5 Å². The van der Waals surface area contributed by atoms with E-state index in [-0.39, 0.29) is 12.3 Å². The van der Waals surface area contributed by atoms with Crippen LogP contribution >= 0.6 is 0 Å². The Morgan fingerprint density at radius 2 is 1.57 bits per heavy atom. The van der Waals surface area contributed by atoms with E-state index in [1.807, 2.05) is 84.9 Å². The van der Waals surface area contributed by atoms with Crippen LogP contribution in [0.1, 0.15) is 41.9 Å². The fourth-order valence-corrected chi connectivity index (χ4v) is 4.18. The fraction of sp³-hybridized carbons (Fsp3) is 0.226. The third-order valence-electron chi connectivity index (χ3n) is 6.10. The van der Waals surface area contributed by atoms with E-state index in [4.69, 9.17) is 14.3 Å². The Morgan fingerprint density at radius 3 is 2.22 bits per heavy atom. The smallest absolute Gasteiger partial charge is 0.304 e.